The van der Waals surface area contributed by atoms with Gasteiger partial charge in [-0.1, -0.05) is 6.07 Å². The highest BCUT2D eigenvalue weighted by Gasteiger charge is 2.17. The van der Waals surface area contributed by atoms with Crippen LogP contribution in [-0.2, 0) is 9.53 Å². The summed E-state index contributed by atoms with van der Waals surface area (Å²) in [6.45, 7) is 6.35. The predicted molar refractivity (Wildman–Crippen MR) is 116 cm³/mol. The van der Waals surface area contributed by atoms with Crippen molar-refractivity contribution in [3.63, 3.8) is 0 Å². The number of ether oxygens (including phenoxy) is 2. The van der Waals surface area contributed by atoms with Crippen molar-refractivity contribution >= 4 is 23.4 Å². The van der Waals surface area contributed by atoms with Crippen molar-refractivity contribution in [2.75, 3.05) is 44.8 Å². The molecule has 0 aromatic heterocycles. The number of hydrogen-bond donors (Lipinski definition) is 2. The molecule has 1 saturated heterocycles. The van der Waals surface area contributed by atoms with Crippen molar-refractivity contribution in [1.29, 1.82) is 0 Å². The molecule has 1 fully saturated rings. The van der Waals surface area contributed by atoms with Gasteiger partial charge in [-0.2, -0.15) is 0 Å². The van der Waals surface area contributed by atoms with Crippen molar-refractivity contribution in [2.45, 2.75) is 13.8 Å². The van der Waals surface area contributed by atoms with Gasteiger partial charge in [0.2, 0.25) is 0 Å². The molecule has 31 heavy (non-hydrogen) atoms. The Balaban J connectivity index is 1.58. The molecule has 0 spiro atoms. The van der Waals surface area contributed by atoms with Gasteiger partial charge in [0.05, 0.1) is 13.2 Å². The monoisotopic (exact) mass is 425 g/mol. The minimum Gasteiger partial charge on any atom is -0.484 e. The van der Waals surface area contributed by atoms with E-state index in [-0.39, 0.29) is 24.3 Å². The molecule has 0 bridgehead atoms. The molecule has 2 aromatic rings. The maximum absolute atomic E-state index is 12.6. The number of morpholine rings is 1. The van der Waals surface area contributed by atoms with E-state index < -0.39 is 0 Å². The Labute approximate surface area is 181 Å². The molecular formula is C23H27N3O5. The molecular weight excluding hydrogens is 398 g/mol. The van der Waals surface area contributed by atoms with Gasteiger partial charge < -0.3 is 25.0 Å². The van der Waals surface area contributed by atoms with E-state index in [0.29, 0.717) is 61.0 Å². The molecule has 2 N–H and O–H groups in total. The van der Waals surface area contributed by atoms with Crippen LogP contribution in [0.1, 0.15) is 33.2 Å². The number of benzene rings is 2. The highest BCUT2D eigenvalue weighted by atomic mass is 16.5. The van der Waals surface area contributed by atoms with E-state index in [1.165, 1.54) is 0 Å². The second-order valence-corrected chi connectivity index (χ2v) is 7.10. The van der Waals surface area contributed by atoms with Crippen LogP contribution in [0.5, 0.6) is 5.75 Å². The van der Waals surface area contributed by atoms with Crippen LogP contribution in [0, 0.1) is 6.92 Å². The third kappa shape index (κ3) is 5.82. The molecule has 0 saturated carbocycles. The lowest BCUT2D eigenvalue weighted by Gasteiger charge is -2.26. The first-order chi connectivity index (χ1) is 15.0. The van der Waals surface area contributed by atoms with Crippen LogP contribution < -0.4 is 15.4 Å². The van der Waals surface area contributed by atoms with Crippen LogP contribution in [0.3, 0.4) is 0 Å². The zero-order valence-corrected chi connectivity index (χ0v) is 17.8. The fourth-order valence-corrected chi connectivity index (χ4v) is 3.22. The van der Waals surface area contributed by atoms with E-state index in [2.05, 4.69) is 10.6 Å². The van der Waals surface area contributed by atoms with Crippen molar-refractivity contribution in [2.24, 2.45) is 0 Å². The van der Waals surface area contributed by atoms with Gasteiger partial charge in [0.25, 0.3) is 17.7 Å². The van der Waals surface area contributed by atoms with Gasteiger partial charge >= 0.3 is 0 Å². The third-order valence-corrected chi connectivity index (χ3v) is 5.01. The Bertz CT molecular complexity index is 937. The summed E-state index contributed by atoms with van der Waals surface area (Å²) < 4.78 is 10.8. The standard InChI is InChI=1S/C23H27N3O5/c1-3-24-23(29)19-5-4-6-20(16(19)2)25-22(28)17-7-9-18(10-8-17)31-15-21(27)26-11-13-30-14-12-26/h4-10H,3,11-15H2,1-2H3,(H,24,29)(H,25,28). The molecule has 0 aliphatic carbocycles. The van der Waals surface area contributed by atoms with E-state index in [1.54, 1.807) is 54.3 Å². The Morgan fingerprint density at radius 2 is 1.74 bits per heavy atom. The van der Waals surface area contributed by atoms with Crippen LogP contribution in [0.25, 0.3) is 0 Å². The number of anilines is 1. The zero-order valence-electron chi connectivity index (χ0n) is 17.8. The summed E-state index contributed by atoms with van der Waals surface area (Å²) in [6, 6.07) is 11.8. The molecule has 8 nitrogen and oxygen atoms in total. The molecule has 164 valence electrons. The molecule has 0 atom stereocenters. The molecule has 3 amide bonds. The van der Waals surface area contributed by atoms with Gasteiger partial charge in [-0.05, 0) is 55.8 Å². The molecule has 1 aliphatic heterocycles. The lowest BCUT2D eigenvalue weighted by Crippen LogP contribution is -2.42. The molecule has 2 aromatic carbocycles. The number of rotatable bonds is 7. The predicted octanol–water partition coefficient (Wildman–Crippen LogP) is 2.23. The second kappa shape index (κ2) is 10.6. The summed E-state index contributed by atoms with van der Waals surface area (Å²) in [7, 11) is 0. The van der Waals surface area contributed by atoms with E-state index in [0.717, 1.165) is 0 Å². The average molecular weight is 425 g/mol. The smallest absolute Gasteiger partial charge is 0.260 e. The SMILES string of the molecule is CCNC(=O)c1cccc(NC(=O)c2ccc(OCC(=O)N3CCOCC3)cc2)c1C. The first kappa shape index (κ1) is 22.3. The Morgan fingerprint density at radius 3 is 2.42 bits per heavy atom. The van der Waals surface area contributed by atoms with Crippen molar-refractivity contribution in [3.05, 3.63) is 59.2 Å². The van der Waals surface area contributed by atoms with Crippen LogP contribution in [0.4, 0.5) is 5.69 Å². The first-order valence-corrected chi connectivity index (χ1v) is 10.3. The highest BCUT2D eigenvalue weighted by Crippen LogP contribution is 2.20. The Hall–Kier alpha value is -3.39. The summed E-state index contributed by atoms with van der Waals surface area (Å²) in [5, 5.41) is 5.61. The van der Waals surface area contributed by atoms with E-state index >= 15 is 0 Å². The molecule has 1 aliphatic rings. The van der Waals surface area contributed by atoms with Gasteiger partial charge in [0.1, 0.15) is 5.75 Å². The number of nitrogens with zero attached hydrogens (tertiary/aromatic N) is 1. The quantitative estimate of drug-likeness (QED) is 0.709. The topological polar surface area (TPSA) is 97.0 Å². The fourth-order valence-electron chi connectivity index (χ4n) is 3.22. The number of carbonyl (C=O) groups is 3. The lowest BCUT2D eigenvalue weighted by molar-refractivity contribution is -0.137. The largest absolute Gasteiger partial charge is 0.484 e. The average Bonchev–Trinajstić information content (AvgIpc) is 2.80. The third-order valence-electron chi connectivity index (χ3n) is 5.01. The van der Waals surface area contributed by atoms with Gasteiger partial charge in [-0.15, -0.1) is 0 Å². The lowest BCUT2D eigenvalue weighted by atomic mass is 10.1. The van der Waals surface area contributed by atoms with E-state index in [9.17, 15) is 14.4 Å². The highest BCUT2D eigenvalue weighted by molar-refractivity contribution is 6.06. The first-order valence-electron chi connectivity index (χ1n) is 10.3. The molecule has 0 radical (unpaired) electrons. The molecule has 8 heteroatoms. The van der Waals surface area contributed by atoms with Crippen molar-refractivity contribution < 1.29 is 23.9 Å². The summed E-state index contributed by atoms with van der Waals surface area (Å²) in [5.74, 6) is -0.0588. The zero-order chi connectivity index (χ0) is 22.2. The van der Waals surface area contributed by atoms with Crippen LogP contribution in [0.15, 0.2) is 42.5 Å². The maximum Gasteiger partial charge on any atom is 0.260 e. The number of amides is 3. The van der Waals surface area contributed by atoms with Crippen LogP contribution in [-0.4, -0.2) is 62.1 Å². The summed E-state index contributed by atoms with van der Waals surface area (Å²) in [5.41, 5.74) is 2.23. The Morgan fingerprint density at radius 1 is 1.03 bits per heavy atom. The van der Waals surface area contributed by atoms with Crippen molar-refractivity contribution in [3.8, 4) is 5.75 Å². The molecule has 0 unspecified atom stereocenters. The van der Waals surface area contributed by atoms with Gasteiger partial charge in [-0.25, -0.2) is 0 Å². The van der Waals surface area contributed by atoms with Crippen LogP contribution in [0.2, 0.25) is 0 Å². The molecule has 3 rings (SSSR count). The minimum absolute atomic E-state index is 0.0582. The van der Waals surface area contributed by atoms with Gasteiger partial charge in [-0.3, -0.25) is 14.4 Å². The minimum atomic E-state index is -0.299. The number of carbonyl (C=O) groups excluding carboxylic acids is 3. The summed E-state index contributed by atoms with van der Waals surface area (Å²) in [6.07, 6.45) is 0. The summed E-state index contributed by atoms with van der Waals surface area (Å²) >= 11 is 0. The van der Waals surface area contributed by atoms with Gasteiger partial charge in [0, 0.05) is 36.4 Å². The Kier molecular flexibility index (Phi) is 7.61. The van der Waals surface area contributed by atoms with E-state index in [4.69, 9.17) is 9.47 Å². The fraction of sp³-hybridized carbons (Fsp3) is 0.348. The van der Waals surface area contributed by atoms with Crippen LogP contribution >= 0.6 is 0 Å². The maximum atomic E-state index is 12.6. The number of hydrogen-bond acceptors (Lipinski definition) is 5. The van der Waals surface area contributed by atoms with E-state index in [1.807, 2.05) is 6.92 Å². The second-order valence-electron chi connectivity index (χ2n) is 7.10. The molecule has 1 heterocycles. The van der Waals surface area contributed by atoms with Gasteiger partial charge in [0.15, 0.2) is 6.61 Å². The normalized spacial score (nSPS) is 13.4. The van der Waals surface area contributed by atoms with Crippen molar-refractivity contribution in [1.82, 2.24) is 10.2 Å². The number of nitrogens with one attached hydrogen (secondary N) is 2. The summed E-state index contributed by atoms with van der Waals surface area (Å²) in [4.78, 5) is 38.6.